The second-order valence-electron chi connectivity index (χ2n) is 6.48. The summed E-state index contributed by atoms with van der Waals surface area (Å²) in [5.74, 6) is -1.28. The van der Waals surface area contributed by atoms with Crippen LogP contribution in [0.2, 0.25) is 0 Å². The zero-order chi connectivity index (χ0) is 15.5. The molecular formula is C17H23NO3. The van der Waals surface area contributed by atoms with E-state index in [1.54, 1.807) is 24.3 Å². The molecule has 0 saturated heterocycles. The smallest absolute Gasteiger partial charge is 0.330 e. The molecule has 2 N–H and O–H groups in total. The number of carboxylic acids is 1. The number of hydrogen-bond acceptors (Lipinski definition) is 2. The van der Waals surface area contributed by atoms with E-state index in [1.165, 1.54) is 0 Å². The van der Waals surface area contributed by atoms with Crippen LogP contribution < -0.4 is 5.32 Å². The minimum Gasteiger partial charge on any atom is -0.479 e. The fourth-order valence-electron chi connectivity index (χ4n) is 3.16. The molecule has 0 heterocycles. The molecule has 1 amide bonds. The molecule has 21 heavy (non-hydrogen) atoms. The topological polar surface area (TPSA) is 66.4 Å². The van der Waals surface area contributed by atoms with Gasteiger partial charge in [0.25, 0.3) is 0 Å². The van der Waals surface area contributed by atoms with Crippen LogP contribution in [0.15, 0.2) is 30.3 Å². The Morgan fingerprint density at radius 3 is 2.48 bits per heavy atom. The van der Waals surface area contributed by atoms with Gasteiger partial charge < -0.3 is 10.4 Å². The molecule has 0 radical (unpaired) electrons. The number of hydrogen-bond donors (Lipinski definition) is 2. The number of rotatable bonds is 4. The summed E-state index contributed by atoms with van der Waals surface area (Å²) in [6, 6.07) is 7.87. The van der Waals surface area contributed by atoms with E-state index in [1.807, 2.05) is 6.07 Å². The van der Waals surface area contributed by atoms with Gasteiger partial charge in [-0.3, -0.25) is 4.79 Å². The first-order valence-electron chi connectivity index (χ1n) is 7.50. The molecular weight excluding hydrogens is 266 g/mol. The number of amides is 1. The summed E-state index contributed by atoms with van der Waals surface area (Å²) in [5.41, 5.74) is 0.536. The van der Waals surface area contributed by atoms with Gasteiger partial charge in [0, 0.05) is 5.92 Å². The first-order valence-corrected chi connectivity index (χ1v) is 7.50. The SMILES string of the molecule is CC1(C)CCCCC1C(=O)N[C@H](C(=O)O)c1ccccc1. The largest absolute Gasteiger partial charge is 0.479 e. The van der Waals surface area contributed by atoms with E-state index in [9.17, 15) is 14.7 Å². The highest BCUT2D eigenvalue weighted by Crippen LogP contribution is 2.40. The Kier molecular flexibility index (Phi) is 4.66. The predicted octanol–water partition coefficient (Wildman–Crippen LogP) is 3.14. The normalized spacial score (nSPS) is 22.3. The van der Waals surface area contributed by atoms with Crippen LogP contribution in [0.4, 0.5) is 0 Å². The third-order valence-corrected chi connectivity index (χ3v) is 4.49. The van der Waals surface area contributed by atoms with E-state index in [0.717, 1.165) is 25.7 Å². The molecule has 1 aliphatic carbocycles. The van der Waals surface area contributed by atoms with Crippen LogP contribution in [-0.4, -0.2) is 17.0 Å². The van der Waals surface area contributed by atoms with E-state index in [-0.39, 0.29) is 17.2 Å². The molecule has 1 aliphatic rings. The second kappa shape index (κ2) is 6.29. The number of benzene rings is 1. The van der Waals surface area contributed by atoms with Gasteiger partial charge in [-0.25, -0.2) is 4.79 Å². The molecule has 4 heteroatoms. The number of carboxylic acid groups (broad SMARTS) is 1. The summed E-state index contributed by atoms with van der Waals surface area (Å²) in [6.07, 6.45) is 4.01. The van der Waals surface area contributed by atoms with Crippen molar-refractivity contribution in [2.45, 2.75) is 45.6 Å². The van der Waals surface area contributed by atoms with E-state index in [2.05, 4.69) is 19.2 Å². The van der Waals surface area contributed by atoms with Crippen LogP contribution in [0.1, 0.15) is 51.1 Å². The van der Waals surface area contributed by atoms with E-state index in [4.69, 9.17) is 0 Å². The number of carbonyl (C=O) groups is 2. The van der Waals surface area contributed by atoms with Crippen molar-refractivity contribution in [1.29, 1.82) is 0 Å². The molecule has 2 atom stereocenters. The van der Waals surface area contributed by atoms with Crippen molar-refractivity contribution < 1.29 is 14.7 Å². The Morgan fingerprint density at radius 2 is 1.90 bits per heavy atom. The fourth-order valence-corrected chi connectivity index (χ4v) is 3.16. The molecule has 1 saturated carbocycles. The summed E-state index contributed by atoms with van der Waals surface area (Å²) in [5, 5.41) is 12.1. The Bertz CT molecular complexity index is 510. The van der Waals surface area contributed by atoms with Gasteiger partial charge in [-0.1, -0.05) is 57.0 Å². The average molecular weight is 289 g/mol. The molecule has 0 spiro atoms. The van der Waals surface area contributed by atoms with Gasteiger partial charge in [0.15, 0.2) is 6.04 Å². The molecule has 2 rings (SSSR count). The summed E-state index contributed by atoms with van der Waals surface area (Å²) in [4.78, 5) is 24.0. The van der Waals surface area contributed by atoms with Crippen molar-refractivity contribution in [2.75, 3.05) is 0 Å². The van der Waals surface area contributed by atoms with Crippen LogP contribution in [0.5, 0.6) is 0 Å². The average Bonchev–Trinajstić information content (AvgIpc) is 2.44. The Balaban J connectivity index is 2.14. The molecule has 1 unspecified atom stereocenters. The standard InChI is InChI=1S/C17H23NO3/c1-17(2)11-7-6-10-13(17)15(19)18-14(16(20)21)12-8-4-3-5-9-12/h3-5,8-9,13-14H,6-7,10-11H2,1-2H3,(H,18,19)(H,20,21)/t13?,14-/m0/s1. The van der Waals surface area contributed by atoms with Gasteiger partial charge in [-0.2, -0.15) is 0 Å². The maximum absolute atomic E-state index is 12.5. The Hall–Kier alpha value is -1.84. The molecule has 0 bridgehead atoms. The molecule has 1 aromatic rings. The monoisotopic (exact) mass is 289 g/mol. The van der Waals surface area contributed by atoms with Crippen molar-refractivity contribution >= 4 is 11.9 Å². The lowest BCUT2D eigenvalue weighted by atomic mass is 9.68. The van der Waals surface area contributed by atoms with Gasteiger partial charge in [0.2, 0.25) is 5.91 Å². The van der Waals surface area contributed by atoms with Gasteiger partial charge in [0.1, 0.15) is 0 Å². The van der Waals surface area contributed by atoms with Crippen LogP contribution >= 0.6 is 0 Å². The highest BCUT2D eigenvalue weighted by Gasteiger charge is 2.38. The van der Waals surface area contributed by atoms with Gasteiger partial charge in [0.05, 0.1) is 0 Å². The van der Waals surface area contributed by atoms with Crippen molar-refractivity contribution in [3.63, 3.8) is 0 Å². The van der Waals surface area contributed by atoms with Gasteiger partial charge in [-0.05, 0) is 23.8 Å². The molecule has 1 fully saturated rings. The highest BCUT2D eigenvalue weighted by atomic mass is 16.4. The zero-order valence-corrected chi connectivity index (χ0v) is 12.6. The lowest BCUT2D eigenvalue weighted by Crippen LogP contribution is -2.44. The summed E-state index contributed by atoms with van der Waals surface area (Å²) in [7, 11) is 0. The van der Waals surface area contributed by atoms with Crippen molar-refractivity contribution in [3.8, 4) is 0 Å². The minimum atomic E-state index is -1.02. The van der Waals surface area contributed by atoms with E-state index in [0.29, 0.717) is 5.56 Å². The summed E-state index contributed by atoms with van der Waals surface area (Å²) >= 11 is 0. The van der Waals surface area contributed by atoms with Crippen LogP contribution in [0.3, 0.4) is 0 Å². The fraction of sp³-hybridized carbons (Fsp3) is 0.529. The highest BCUT2D eigenvalue weighted by molar-refractivity contribution is 5.86. The molecule has 114 valence electrons. The number of nitrogens with one attached hydrogen (secondary N) is 1. The molecule has 0 aliphatic heterocycles. The lowest BCUT2D eigenvalue weighted by molar-refractivity contribution is -0.144. The third-order valence-electron chi connectivity index (χ3n) is 4.49. The summed E-state index contributed by atoms with van der Waals surface area (Å²) in [6.45, 7) is 4.18. The minimum absolute atomic E-state index is 0.0674. The summed E-state index contributed by atoms with van der Waals surface area (Å²) < 4.78 is 0. The van der Waals surface area contributed by atoms with Gasteiger partial charge >= 0.3 is 5.97 Å². The van der Waals surface area contributed by atoms with Crippen LogP contribution in [0.25, 0.3) is 0 Å². The second-order valence-corrected chi connectivity index (χ2v) is 6.48. The third kappa shape index (κ3) is 3.63. The predicted molar refractivity (Wildman–Crippen MR) is 80.7 cm³/mol. The Morgan fingerprint density at radius 1 is 1.24 bits per heavy atom. The number of carbonyl (C=O) groups excluding carboxylic acids is 1. The van der Waals surface area contributed by atoms with Crippen LogP contribution in [-0.2, 0) is 9.59 Å². The van der Waals surface area contributed by atoms with Crippen LogP contribution in [0, 0.1) is 11.3 Å². The lowest BCUT2D eigenvalue weighted by Gasteiger charge is -2.38. The van der Waals surface area contributed by atoms with Crippen molar-refractivity contribution in [2.24, 2.45) is 11.3 Å². The van der Waals surface area contributed by atoms with E-state index >= 15 is 0 Å². The first kappa shape index (κ1) is 15.5. The Labute approximate surface area is 125 Å². The van der Waals surface area contributed by atoms with E-state index < -0.39 is 12.0 Å². The molecule has 1 aromatic carbocycles. The maximum atomic E-state index is 12.5. The quantitative estimate of drug-likeness (QED) is 0.894. The first-order chi connectivity index (χ1) is 9.92. The number of aliphatic carboxylic acids is 1. The molecule has 4 nitrogen and oxygen atoms in total. The van der Waals surface area contributed by atoms with Crippen molar-refractivity contribution in [3.05, 3.63) is 35.9 Å². The zero-order valence-electron chi connectivity index (χ0n) is 12.6. The molecule has 0 aromatic heterocycles. The van der Waals surface area contributed by atoms with Gasteiger partial charge in [-0.15, -0.1) is 0 Å². The van der Waals surface area contributed by atoms with Crippen molar-refractivity contribution in [1.82, 2.24) is 5.32 Å². The maximum Gasteiger partial charge on any atom is 0.330 e.